The summed E-state index contributed by atoms with van der Waals surface area (Å²) in [5.41, 5.74) is 3.89. The van der Waals surface area contributed by atoms with Crippen molar-refractivity contribution in [1.82, 2.24) is 35.3 Å². The maximum absolute atomic E-state index is 14.1. The number of piperazine rings is 1. The molecular weight excluding hydrogens is 561 g/mol. The Balaban J connectivity index is 1.25. The molecule has 4 aromatic rings. The Morgan fingerprint density at radius 2 is 1.84 bits per heavy atom. The third kappa shape index (κ3) is 6.57. The quantitative estimate of drug-likeness (QED) is 0.268. The minimum absolute atomic E-state index is 0.0738. The van der Waals surface area contributed by atoms with Crippen LogP contribution in [0.25, 0.3) is 16.9 Å². The van der Waals surface area contributed by atoms with E-state index in [0.717, 1.165) is 55.1 Å². The second-order valence-electron chi connectivity index (χ2n) is 11.2. The Morgan fingerprint density at radius 1 is 1.07 bits per heavy atom. The summed E-state index contributed by atoms with van der Waals surface area (Å²) in [4.78, 5) is 27.3. The molecule has 2 aromatic carbocycles. The van der Waals surface area contributed by atoms with E-state index in [1.807, 2.05) is 43.3 Å². The number of benzene rings is 2. The molecule has 2 fully saturated rings. The van der Waals surface area contributed by atoms with Gasteiger partial charge in [0.15, 0.2) is 0 Å². The number of carbonyl (C=O) groups is 1. The Kier molecular flexibility index (Phi) is 9.10. The van der Waals surface area contributed by atoms with Crippen LogP contribution < -0.4 is 20.9 Å². The van der Waals surface area contributed by atoms with Crippen LogP contribution >= 0.6 is 0 Å². The fourth-order valence-electron chi connectivity index (χ4n) is 5.97. The number of anilines is 2. The van der Waals surface area contributed by atoms with Crippen LogP contribution in [0.1, 0.15) is 17.0 Å². The standard InChI is InChI=1S/C32H38FN9O2/c1-22-29(24-18-35-31(36-19-24)41-13-11-34-12-14-41)39-42(26-9-4-3-5-10-26)30(22)38-32(43)37-28-21-40(15-16-44-2)20-27(28)23-7-6-8-25(33)17-23/h3-10,17-19,27-28,34H,11-16,20-21H2,1-2H3,(H2,37,38,43)/t27-,28?/m0/s1. The number of nitrogens with zero attached hydrogens (tertiary/aromatic N) is 6. The molecule has 2 aliphatic rings. The molecule has 2 saturated heterocycles. The second-order valence-corrected chi connectivity index (χ2v) is 11.2. The van der Waals surface area contributed by atoms with E-state index in [9.17, 15) is 9.18 Å². The predicted molar refractivity (Wildman–Crippen MR) is 168 cm³/mol. The highest BCUT2D eigenvalue weighted by molar-refractivity contribution is 5.91. The van der Waals surface area contributed by atoms with Crippen molar-refractivity contribution in [1.29, 1.82) is 0 Å². The molecule has 3 N–H and O–H groups in total. The fourth-order valence-corrected chi connectivity index (χ4v) is 5.97. The lowest BCUT2D eigenvalue weighted by Gasteiger charge is -2.27. The van der Waals surface area contributed by atoms with Gasteiger partial charge in [0.2, 0.25) is 5.95 Å². The number of rotatable bonds is 9. The topological polar surface area (TPSA) is 112 Å². The van der Waals surface area contributed by atoms with Crippen LogP contribution in [0.4, 0.5) is 21.0 Å². The number of carbonyl (C=O) groups excluding carboxylic acids is 1. The summed E-state index contributed by atoms with van der Waals surface area (Å²) in [6.45, 7) is 8.05. The van der Waals surface area contributed by atoms with E-state index in [1.54, 1.807) is 36.3 Å². The minimum atomic E-state index is -0.359. The normalized spacial score (nSPS) is 18.8. The summed E-state index contributed by atoms with van der Waals surface area (Å²) >= 11 is 0. The van der Waals surface area contributed by atoms with Crippen molar-refractivity contribution < 1.29 is 13.9 Å². The number of amides is 2. The summed E-state index contributed by atoms with van der Waals surface area (Å²) in [6.07, 6.45) is 3.57. The van der Waals surface area contributed by atoms with E-state index < -0.39 is 0 Å². The molecule has 230 valence electrons. The van der Waals surface area contributed by atoms with Gasteiger partial charge in [-0.3, -0.25) is 10.2 Å². The van der Waals surface area contributed by atoms with Crippen LogP contribution in [-0.2, 0) is 4.74 Å². The highest BCUT2D eigenvalue weighted by Gasteiger charge is 2.35. The molecule has 6 rings (SSSR count). The lowest BCUT2D eigenvalue weighted by atomic mass is 9.94. The summed E-state index contributed by atoms with van der Waals surface area (Å²) in [7, 11) is 1.67. The van der Waals surface area contributed by atoms with Crippen molar-refractivity contribution in [3.63, 3.8) is 0 Å². The molecule has 0 radical (unpaired) electrons. The summed E-state index contributed by atoms with van der Waals surface area (Å²) in [6, 6.07) is 15.7. The van der Waals surface area contributed by atoms with Crippen LogP contribution in [-0.4, -0.2) is 96.3 Å². The minimum Gasteiger partial charge on any atom is -0.383 e. The lowest BCUT2D eigenvalue weighted by Crippen LogP contribution is -2.44. The van der Waals surface area contributed by atoms with Gasteiger partial charge < -0.3 is 20.3 Å². The first-order chi connectivity index (χ1) is 21.5. The number of methoxy groups -OCH3 is 1. The molecule has 1 unspecified atom stereocenters. The lowest BCUT2D eigenvalue weighted by molar-refractivity contribution is 0.159. The van der Waals surface area contributed by atoms with Crippen LogP contribution in [0.15, 0.2) is 67.0 Å². The van der Waals surface area contributed by atoms with E-state index in [2.05, 4.69) is 35.7 Å². The predicted octanol–water partition coefficient (Wildman–Crippen LogP) is 3.42. The van der Waals surface area contributed by atoms with Gasteiger partial charge in [-0.1, -0.05) is 30.3 Å². The van der Waals surface area contributed by atoms with E-state index in [1.165, 1.54) is 6.07 Å². The molecule has 0 aliphatic carbocycles. The Bertz CT molecular complexity index is 1560. The first kappa shape index (κ1) is 29.7. The Hall–Kier alpha value is -4.39. The van der Waals surface area contributed by atoms with Crippen molar-refractivity contribution in [2.24, 2.45) is 0 Å². The Morgan fingerprint density at radius 3 is 2.57 bits per heavy atom. The molecule has 12 heteroatoms. The first-order valence-electron chi connectivity index (χ1n) is 15.0. The average molecular weight is 600 g/mol. The zero-order valence-corrected chi connectivity index (χ0v) is 25.0. The van der Waals surface area contributed by atoms with Crippen molar-refractivity contribution in [3.05, 3.63) is 83.9 Å². The average Bonchev–Trinajstić information content (AvgIpc) is 3.61. The molecule has 2 aliphatic heterocycles. The monoisotopic (exact) mass is 599 g/mol. The maximum atomic E-state index is 14.1. The highest BCUT2D eigenvalue weighted by Crippen LogP contribution is 2.31. The number of hydrogen-bond acceptors (Lipinski definition) is 8. The molecular formula is C32H38FN9O2. The van der Waals surface area contributed by atoms with E-state index in [0.29, 0.717) is 37.2 Å². The summed E-state index contributed by atoms with van der Waals surface area (Å²) in [5.74, 6) is 0.875. The van der Waals surface area contributed by atoms with Gasteiger partial charge in [0, 0.05) is 82.4 Å². The molecule has 0 saturated carbocycles. The molecule has 2 amide bonds. The van der Waals surface area contributed by atoms with Gasteiger partial charge in [-0.2, -0.15) is 5.10 Å². The number of halogens is 1. The van der Waals surface area contributed by atoms with Crippen molar-refractivity contribution in [3.8, 4) is 16.9 Å². The van der Waals surface area contributed by atoms with Gasteiger partial charge in [-0.05, 0) is 36.8 Å². The SMILES string of the molecule is COCCN1CC(NC(=O)Nc2c(C)c(-c3cnc(N4CCNCC4)nc3)nn2-c2ccccc2)[C@H](c2cccc(F)c2)C1. The number of ether oxygens (including phenoxy) is 1. The van der Waals surface area contributed by atoms with Gasteiger partial charge in [0.25, 0.3) is 0 Å². The van der Waals surface area contributed by atoms with Crippen molar-refractivity contribution in [2.45, 2.75) is 18.9 Å². The number of hydrogen-bond donors (Lipinski definition) is 3. The Labute approximate surface area is 256 Å². The maximum Gasteiger partial charge on any atom is 0.320 e. The van der Waals surface area contributed by atoms with Gasteiger partial charge in [-0.15, -0.1) is 0 Å². The number of aromatic nitrogens is 4. The molecule has 4 heterocycles. The van der Waals surface area contributed by atoms with Crippen molar-refractivity contribution in [2.75, 3.05) is 69.7 Å². The third-order valence-corrected chi connectivity index (χ3v) is 8.27. The molecule has 0 spiro atoms. The van der Waals surface area contributed by atoms with Crippen LogP contribution in [0.3, 0.4) is 0 Å². The molecule has 11 nitrogen and oxygen atoms in total. The largest absolute Gasteiger partial charge is 0.383 e. The van der Waals surface area contributed by atoms with Crippen LogP contribution in [0, 0.1) is 12.7 Å². The summed E-state index contributed by atoms with van der Waals surface area (Å²) in [5, 5.41) is 14.5. The zero-order valence-electron chi connectivity index (χ0n) is 25.0. The summed E-state index contributed by atoms with van der Waals surface area (Å²) < 4.78 is 21.2. The van der Waals surface area contributed by atoms with E-state index in [4.69, 9.17) is 9.84 Å². The number of nitrogens with one attached hydrogen (secondary N) is 3. The second kappa shape index (κ2) is 13.5. The van der Waals surface area contributed by atoms with Gasteiger partial charge >= 0.3 is 6.03 Å². The third-order valence-electron chi connectivity index (χ3n) is 8.27. The number of para-hydroxylation sites is 1. The van der Waals surface area contributed by atoms with Crippen molar-refractivity contribution >= 4 is 17.8 Å². The van der Waals surface area contributed by atoms with Crippen LogP contribution in [0.5, 0.6) is 0 Å². The van der Waals surface area contributed by atoms with E-state index >= 15 is 0 Å². The number of urea groups is 1. The smallest absolute Gasteiger partial charge is 0.320 e. The number of likely N-dealkylation sites (tertiary alicyclic amines) is 1. The fraction of sp³-hybridized carbons (Fsp3) is 0.375. The zero-order chi connectivity index (χ0) is 30.5. The van der Waals surface area contributed by atoms with Gasteiger partial charge in [-0.25, -0.2) is 23.8 Å². The molecule has 2 atom stereocenters. The van der Waals surface area contributed by atoms with Crippen LogP contribution in [0.2, 0.25) is 0 Å². The van der Waals surface area contributed by atoms with E-state index in [-0.39, 0.29) is 23.8 Å². The molecule has 44 heavy (non-hydrogen) atoms. The highest BCUT2D eigenvalue weighted by atomic mass is 19.1. The van der Waals surface area contributed by atoms with Gasteiger partial charge in [0.1, 0.15) is 17.3 Å². The first-order valence-corrected chi connectivity index (χ1v) is 15.0. The molecule has 0 bridgehead atoms. The molecule has 2 aromatic heterocycles. The van der Waals surface area contributed by atoms with Gasteiger partial charge in [0.05, 0.1) is 18.3 Å².